The molecule has 0 bridgehead atoms. The molecule has 2 rings (SSSR count). The van der Waals surface area contributed by atoms with E-state index in [4.69, 9.17) is 0 Å². The Morgan fingerprint density at radius 2 is 2.06 bits per heavy atom. The fourth-order valence-electron chi connectivity index (χ4n) is 1.96. The molecule has 1 unspecified atom stereocenters. The maximum Gasteiger partial charge on any atom is 0.248 e. The quantitative estimate of drug-likeness (QED) is 0.762. The van der Waals surface area contributed by atoms with Crippen LogP contribution in [-0.4, -0.2) is 22.7 Å². The number of nitrogens with zero attached hydrogens (tertiary/aromatic N) is 2. The maximum absolute atomic E-state index is 11.6. The van der Waals surface area contributed by atoms with Crippen molar-refractivity contribution in [3.63, 3.8) is 0 Å². The molecule has 0 N–H and O–H groups in total. The van der Waals surface area contributed by atoms with Gasteiger partial charge in [0.05, 0.1) is 12.5 Å². The van der Waals surface area contributed by atoms with Crippen molar-refractivity contribution in [2.75, 3.05) is 0 Å². The summed E-state index contributed by atoms with van der Waals surface area (Å²) < 4.78 is 0. The summed E-state index contributed by atoms with van der Waals surface area (Å²) >= 11 is 0. The lowest BCUT2D eigenvalue weighted by Crippen LogP contribution is -2.32. The fourth-order valence-corrected chi connectivity index (χ4v) is 1.96. The molecule has 1 amide bonds. The maximum atomic E-state index is 11.6. The summed E-state index contributed by atoms with van der Waals surface area (Å²) in [6.07, 6.45) is 1.32. The lowest BCUT2D eigenvalue weighted by Gasteiger charge is -2.20. The number of hydrogen-bond acceptors (Lipinski definition) is 2. The topological polar surface area (TPSA) is 32.7 Å². The average molecular weight is 216 g/mol. The zero-order chi connectivity index (χ0) is 11.5. The van der Waals surface area contributed by atoms with Crippen LogP contribution in [0.3, 0.4) is 0 Å². The first kappa shape index (κ1) is 10.9. The van der Waals surface area contributed by atoms with E-state index in [-0.39, 0.29) is 11.9 Å². The highest BCUT2D eigenvalue weighted by atomic mass is 16.2. The molecule has 0 aliphatic carbocycles. The minimum atomic E-state index is 0.112. The highest BCUT2D eigenvalue weighted by Gasteiger charge is 2.25. The Kier molecular flexibility index (Phi) is 3.04. The van der Waals surface area contributed by atoms with Gasteiger partial charge in [0.1, 0.15) is 0 Å². The predicted octanol–water partition coefficient (Wildman–Crippen LogP) is 2.23. The molecular weight excluding hydrogens is 200 g/mol. The summed E-state index contributed by atoms with van der Waals surface area (Å²) in [4.78, 5) is 11.6. The zero-order valence-corrected chi connectivity index (χ0v) is 9.68. The number of rotatable bonds is 3. The highest BCUT2D eigenvalue weighted by molar-refractivity contribution is 6.03. The third-order valence-corrected chi connectivity index (χ3v) is 2.73. The molecule has 0 saturated carbocycles. The van der Waals surface area contributed by atoms with Crippen molar-refractivity contribution in [2.24, 2.45) is 5.10 Å². The first-order valence-corrected chi connectivity index (χ1v) is 5.57. The minimum absolute atomic E-state index is 0.112. The number of carbonyl (C=O) groups is 1. The molecule has 0 radical (unpaired) electrons. The molecule has 1 aliphatic heterocycles. The van der Waals surface area contributed by atoms with Crippen molar-refractivity contribution in [2.45, 2.75) is 32.7 Å². The molecule has 1 heterocycles. The average Bonchev–Trinajstić information content (AvgIpc) is 2.59. The van der Waals surface area contributed by atoms with Crippen molar-refractivity contribution >= 4 is 11.6 Å². The summed E-state index contributed by atoms with van der Waals surface area (Å²) in [7, 11) is 0. The van der Waals surface area contributed by atoms with Crippen LogP contribution in [0.25, 0.3) is 0 Å². The predicted molar refractivity (Wildman–Crippen MR) is 64.2 cm³/mol. The lowest BCUT2D eigenvalue weighted by molar-refractivity contribution is -0.130. The molecular formula is C13H16N2O. The number of amides is 1. The Morgan fingerprint density at radius 1 is 1.38 bits per heavy atom. The van der Waals surface area contributed by atoms with E-state index >= 15 is 0 Å². The Hall–Kier alpha value is -1.64. The Labute approximate surface area is 95.8 Å². The smallest absolute Gasteiger partial charge is 0.248 e. The number of hydrogen-bond donors (Lipinski definition) is 0. The van der Waals surface area contributed by atoms with Crippen molar-refractivity contribution < 1.29 is 4.79 Å². The van der Waals surface area contributed by atoms with Gasteiger partial charge in [-0.25, -0.2) is 5.01 Å². The van der Waals surface area contributed by atoms with Gasteiger partial charge in [0, 0.05) is 5.71 Å². The number of carbonyl (C=O) groups excluding carboxylic acids is 1. The molecule has 0 aromatic heterocycles. The SMILES string of the molecule is CC1=NN(C(C)Cc2ccccc2)C(=O)C1. The van der Waals surface area contributed by atoms with Gasteiger partial charge < -0.3 is 0 Å². The highest BCUT2D eigenvalue weighted by Crippen LogP contribution is 2.15. The van der Waals surface area contributed by atoms with Crippen LogP contribution in [0.4, 0.5) is 0 Å². The lowest BCUT2D eigenvalue weighted by atomic mass is 10.1. The summed E-state index contributed by atoms with van der Waals surface area (Å²) in [5.41, 5.74) is 2.15. The molecule has 1 aliphatic rings. The first-order chi connectivity index (χ1) is 7.66. The number of hydrazone groups is 1. The van der Waals surface area contributed by atoms with Gasteiger partial charge in [-0.15, -0.1) is 0 Å². The Bertz CT molecular complexity index is 411. The molecule has 3 heteroatoms. The van der Waals surface area contributed by atoms with Crippen molar-refractivity contribution in [3.05, 3.63) is 35.9 Å². The second-order valence-corrected chi connectivity index (χ2v) is 4.29. The zero-order valence-electron chi connectivity index (χ0n) is 9.68. The molecule has 3 nitrogen and oxygen atoms in total. The summed E-state index contributed by atoms with van der Waals surface area (Å²) in [6, 6.07) is 10.3. The monoisotopic (exact) mass is 216 g/mol. The van der Waals surface area contributed by atoms with E-state index in [0.29, 0.717) is 6.42 Å². The van der Waals surface area contributed by atoms with Gasteiger partial charge in [-0.3, -0.25) is 4.79 Å². The van der Waals surface area contributed by atoms with Gasteiger partial charge in [0.15, 0.2) is 0 Å². The second-order valence-electron chi connectivity index (χ2n) is 4.29. The van der Waals surface area contributed by atoms with E-state index in [1.165, 1.54) is 5.56 Å². The molecule has 0 fully saturated rings. The van der Waals surface area contributed by atoms with E-state index in [1.807, 2.05) is 32.0 Å². The molecule has 0 spiro atoms. The van der Waals surface area contributed by atoms with E-state index in [9.17, 15) is 4.79 Å². The third kappa shape index (κ3) is 2.30. The minimum Gasteiger partial charge on any atom is -0.273 e. The van der Waals surface area contributed by atoms with Gasteiger partial charge in [0.2, 0.25) is 5.91 Å². The van der Waals surface area contributed by atoms with Gasteiger partial charge in [-0.05, 0) is 25.8 Å². The Morgan fingerprint density at radius 3 is 2.62 bits per heavy atom. The summed E-state index contributed by atoms with van der Waals surface area (Å²) in [5, 5.41) is 5.88. The molecule has 0 saturated heterocycles. The van der Waals surface area contributed by atoms with Crippen LogP contribution in [0, 0.1) is 0 Å². The van der Waals surface area contributed by atoms with Crippen molar-refractivity contribution in [1.29, 1.82) is 0 Å². The first-order valence-electron chi connectivity index (χ1n) is 5.57. The molecule has 84 valence electrons. The molecule has 1 aromatic carbocycles. The molecule has 1 atom stereocenters. The number of benzene rings is 1. The van der Waals surface area contributed by atoms with E-state index < -0.39 is 0 Å². The van der Waals surface area contributed by atoms with Gasteiger partial charge in [0.25, 0.3) is 0 Å². The summed E-state index contributed by atoms with van der Waals surface area (Å²) in [5.74, 6) is 0.112. The van der Waals surface area contributed by atoms with Gasteiger partial charge >= 0.3 is 0 Å². The Balaban J connectivity index is 2.04. The van der Waals surface area contributed by atoms with Crippen LogP contribution in [0.2, 0.25) is 0 Å². The van der Waals surface area contributed by atoms with Crippen LogP contribution in [0.15, 0.2) is 35.4 Å². The van der Waals surface area contributed by atoms with Crippen LogP contribution < -0.4 is 0 Å². The fraction of sp³-hybridized carbons (Fsp3) is 0.385. The van der Waals surface area contributed by atoms with Crippen molar-refractivity contribution in [1.82, 2.24) is 5.01 Å². The standard InChI is InChI=1S/C13H16N2O/c1-10-8-13(16)15(14-10)11(2)9-12-6-4-3-5-7-12/h3-7,11H,8-9H2,1-2H3. The summed E-state index contributed by atoms with van der Waals surface area (Å²) in [6.45, 7) is 3.93. The largest absolute Gasteiger partial charge is 0.273 e. The normalized spacial score (nSPS) is 17.5. The van der Waals surface area contributed by atoms with Crippen LogP contribution >= 0.6 is 0 Å². The third-order valence-electron chi connectivity index (χ3n) is 2.73. The van der Waals surface area contributed by atoms with Gasteiger partial charge in [-0.1, -0.05) is 30.3 Å². The van der Waals surface area contributed by atoms with E-state index in [1.54, 1.807) is 5.01 Å². The van der Waals surface area contributed by atoms with Crippen LogP contribution in [-0.2, 0) is 11.2 Å². The van der Waals surface area contributed by atoms with E-state index in [2.05, 4.69) is 17.2 Å². The van der Waals surface area contributed by atoms with Crippen LogP contribution in [0.5, 0.6) is 0 Å². The molecule has 16 heavy (non-hydrogen) atoms. The van der Waals surface area contributed by atoms with Crippen molar-refractivity contribution in [3.8, 4) is 0 Å². The van der Waals surface area contributed by atoms with E-state index in [0.717, 1.165) is 12.1 Å². The van der Waals surface area contributed by atoms with Gasteiger partial charge in [-0.2, -0.15) is 5.10 Å². The molecule has 1 aromatic rings. The van der Waals surface area contributed by atoms with Crippen LogP contribution in [0.1, 0.15) is 25.8 Å². The second kappa shape index (κ2) is 4.47.